The van der Waals surface area contributed by atoms with Gasteiger partial charge in [0.15, 0.2) is 0 Å². The minimum Gasteiger partial charge on any atom is -0.361 e. The van der Waals surface area contributed by atoms with Crippen LogP contribution in [0.2, 0.25) is 0 Å². The van der Waals surface area contributed by atoms with Crippen molar-refractivity contribution >= 4 is 7.67 Å². The molecule has 1 aliphatic heterocycles. The van der Waals surface area contributed by atoms with Gasteiger partial charge in [-0.15, -0.1) is 0 Å². The van der Waals surface area contributed by atoms with Crippen LogP contribution in [0.1, 0.15) is 0 Å². The Bertz CT molecular complexity index is 195. The Labute approximate surface area is 70.3 Å². The molecule has 0 aliphatic carbocycles. The number of hydrogen-bond acceptors (Lipinski definition) is 5. The van der Waals surface area contributed by atoms with Gasteiger partial charge in [-0.05, 0) is 0 Å². The van der Waals surface area contributed by atoms with Gasteiger partial charge in [0.1, 0.15) is 6.23 Å². The normalized spacial score (nSPS) is 27.4. The van der Waals surface area contributed by atoms with Crippen molar-refractivity contribution in [3.8, 4) is 0 Å². The summed E-state index contributed by atoms with van der Waals surface area (Å²) in [6.07, 6.45) is -0.440. The SMILES string of the molecule is NC1CN(OP(N)(N)=O)CCO1. The fraction of sp³-hybridized carbons (Fsp3) is 1.00. The number of hydroxylamine groups is 2. The minimum absolute atomic E-state index is 0.318. The highest BCUT2D eigenvalue weighted by molar-refractivity contribution is 7.53. The van der Waals surface area contributed by atoms with E-state index in [0.29, 0.717) is 19.7 Å². The number of nitrogens with zero attached hydrogens (tertiary/aromatic N) is 1. The first-order valence-corrected chi connectivity index (χ1v) is 5.23. The van der Waals surface area contributed by atoms with Gasteiger partial charge in [0.05, 0.1) is 13.2 Å². The van der Waals surface area contributed by atoms with E-state index in [4.69, 9.17) is 26.1 Å². The molecule has 7 nitrogen and oxygen atoms in total. The lowest BCUT2D eigenvalue weighted by Crippen LogP contribution is -2.46. The van der Waals surface area contributed by atoms with Crippen LogP contribution in [0.5, 0.6) is 0 Å². The van der Waals surface area contributed by atoms with Crippen LogP contribution in [0, 0.1) is 0 Å². The lowest BCUT2D eigenvalue weighted by molar-refractivity contribution is -0.144. The Kier molecular flexibility index (Phi) is 3.19. The van der Waals surface area contributed by atoms with Crippen molar-refractivity contribution in [2.45, 2.75) is 6.23 Å². The summed E-state index contributed by atoms with van der Waals surface area (Å²) in [6, 6.07) is 0. The first kappa shape index (κ1) is 10.1. The van der Waals surface area contributed by atoms with E-state index in [1.807, 2.05) is 0 Å². The Morgan fingerprint density at radius 1 is 1.58 bits per heavy atom. The van der Waals surface area contributed by atoms with E-state index >= 15 is 0 Å². The lowest BCUT2D eigenvalue weighted by Gasteiger charge is -2.30. The molecule has 1 atom stereocenters. The lowest BCUT2D eigenvalue weighted by atomic mass is 10.5. The van der Waals surface area contributed by atoms with Gasteiger partial charge in [0.2, 0.25) is 0 Å². The smallest absolute Gasteiger partial charge is 0.352 e. The second-order valence-corrected chi connectivity index (χ2v) is 3.98. The van der Waals surface area contributed by atoms with E-state index in [1.165, 1.54) is 5.06 Å². The van der Waals surface area contributed by atoms with Crippen LogP contribution in [-0.2, 0) is 13.9 Å². The van der Waals surface area contributed by atoms with Crippen LogP contribution in [0.3, 0.4) is 0 Å². The zero-order valence-corrected chi connectivity index (χ0v) is 7.44. The molecule has 1 rings (SSSR count). The van der Waals surface area contributed by atoms with E-state index in [1.54, 1.807) is 0 Å². The van der Waals surface area contributed by atoms with Crippen molar-refractivity contribution in [1.29, 1.82) is 0 Å². The zero-order valence-electron chi connectivity index (χ0n) is 6.55. The zero-order chi connectivity index (χ0) is 9.19. The Morgan fingerprint density at radius 3 is 2.75 bits per heavy atom. The molecule has 0 aromatic rings. The molecule has 0 spiro atoms. The Hall–Kier alpha value is -0.0100. The molecule has 1 unspecified atom stereocenters. The summed E-state index contributed by atoms with van der Waals surface area (Å²) < 4.78 is 20.5. The fourth-order valence-corrected chi connectivity index (χ4v) is 1.41. The maximum absolute atomic E-state index is 10.8. The number of ether oxygens (including phenoxy) is 1. The maximum Gasteiger partial charge on any atom is 0.352 e. The van der Waals surface area contributed by atoms with Crippen molar-refractivity contribution in [2.75, 3.05) is 19.7 Å². The van der Waals surface area contributed by atoms with Crippen LogP contribution >= 0.6 is 7.67 Å². The van der Waals surface area contributed by atoms with Gasteiger partial charge in [-0.3, -0.25) is 4.57 Å². The summed E-state index contributed by atoms with van der Waals surface area (Å²) in [7, 11) is -3.45. The van der Waals surface area contributed by atoms with E-state index in [2.05, 4.69) is 0 Å². The second-order valence-electron chi connectivity index (χ2n) is 2.52. The molecule has 0 aromatic carbocycles. The molecule has 0 amide bonds. The van der Waals surface area contributed by atoms with Gasteiger partial charge in [-0.1, -0.05) is 0 Å². The molecule has 0 aromatic heterocycles. The molecule has 1 aliphatic rings. The van der Waals surface area contributed by atoms with Crippen LogP contribution in [0.25, 0.3) is 0 Å². The predicted octanol–water partition coefficient (Wildman–Crippen LogP) is -1.44. The van der Waals surface area contributed by atoms with Crippen LogP contribution in [0.4, 0.5) is 0 Å². The third-order valence-electron chi connectivity index (χ3n) is 1.30. The topological polar surface area (TPSA) is 117 Å². The molecular weight excluding hydrogens is 183 g/mol. The molecule has 0 radical (unpaired) electrons. The van der Waals surface area contributed by atoms with Gasteiger partial charge >= 0.3 is 7.67 Å². The molecule has 1 fully saturated rings. The van der Waals surface area contributed by atoms with Gasteiger partial charge < -0.3 is 10.5 Å². The van der Waals surface area contributed by atoms with Crippen LogP contribution in [0.15, 0.2) is 0 Å². The van der Waals surface area contributed by atoms with Crippen molar-refractivity contribution < 1.29 is 13.9 Å². The van der Waals surface area contributed by atoms with Gasteiger partial charge in [-0.2, -0.15) is 5.06 Å². The Morgan fingerprint density at radius 2 is 2.25 bits per heavy atom. The van der Waals surface area contributed by atoms with Gasteiger partial charge in [-0.25, -0.2) is 15.6 Å². The summed E-state index contributed by atoms with van der Waals surface area (Å²) in [5.74, 6) is 0. The molecule has 0 saturated carbocycles. The molecule has 1 heterocycles. The van der Waals surface area contributed by atoms with Crippen LogP contribution < -0.4 is 16.7 Å². The first-order valence-electron chi connectivity index (χ1n) is 3.46. The molecular formula is C4H13N4O3P. The average molecular weight is 196 g/mol. The first-order chi connectivity index (χ1) is 5.47. The minimum atomic E-state index is -3.45. The highest BCUT2D eigenvalue weighted by Gasteiger charge is 2.22. The Balaban J connectivity index is 2.37. The van der Waals surface area contributed by atoms with E-state index < -0.39 is 13.9 Å². The summed E-state index contributed by atoms with van der Waals surface area (Å²) in [5, 5.41) is 1.36. The summed E-state index contributed by atoms with van der Waals surface area (Å²) in [5.41, 5.74) is 15.4. The highest BCUT2D eigenvalue weighted by Crippen LogP contribution is 2.28. The average Bonchev–Trinajstić information content (AvgIpc) is 1.82. The molecule has 12 heavy (non-hydrogen) atoms. The van der Waals surface area contributed by atoms with Crippen LogP contribution in [-0.4, -0.2) is 31.0 Å². The van der Waals surface area contributed by atoms with Crippen molar-refractivity contribution in [3.63, 3.8) is 0 Å². The molecule has 8 heteroatoms. The summed E-state index contributed by atoms with van der Waals surface area (Å²) >= 11 is 0. The maximum atomic E-state index is 10.8. The van der Waals surface area contributed by atoms with Crippen molar-refractivity contribution in [1.82, 2.24) is 5.06 Å². The number of nitrogens with two attached hydrogens (primary N) is 3. The highest BCUT2D eigenvalue weighted by atomic mass is 31.2. The molecule has 6 N–H and O–H groups in total. The summed E-state index contributed by atoms with van der Waals surface area (Å²) in [4.78, 5) is 0. The monoisotopic (exact) mass is 196 g/mol. The molecule has 1 saturated heterocycles. The second kappa shape index (κ2) is 3.80. The van der Waals surface area contributed by atoms with E-state index in [-0.39, 0.29) is 0 Å². The fourth-order valence-electron chi connectivity index (χ4n) is 0.905. The number of hydrogen-bond donors (Lipinski definition) is 3. The quantitative estimate of drug-likeness (QED) is 0.463. The van der Waals surface area contributed by atoms with Crippen molar-refractivity contribution in [3.05, 3.63) is 0 Å². The number of rotatable bonds is 2. The van der Waals surface area contributed by atoms with E-state index in [0.717, 1.165) is 0 Å². The third-order valence-corrected chi connectivity index (χ3v) is 1.79. The molecule has 72 valence electrons. The van der Waals surface area contributed by atoms with Crippen molar-refractivity contribution in [2.24, 2.45) is 16.7 Å². The van der Waals surface area contributed by atoms with Gasteiger partial charge in [0.25, 0.3) is 0 Å². The predicted molar refractivity (Wildman–Crippen MR) is 42.6 cm³/mol. The number of morpholine rings is 1. The standard InChI is InChI=1S/C4H13N4O3P/c5-4-3-8(1-2-10-4)11-12(6,7)9/h4H,1-3,5H2,(H4,6,7,9). The summed E-state index contributed by atoms with van der Waals surface area (Å²) in [6.45, 7) is 1.20. The largest absolute Gasteiger partial charge is 0.361 e. The van der Waals surface area contributed by atoms with E-state index in [9.17, 15) is 4.57 Å². The molecule has 0 bridgehead atoms. The third kappa shape index (κ3) is 3.59. The van der Waals surface area contributed by atoms with Gasteiger partial charge in [0, 0.05) is 6.54 Å².